The van der Waals surface area contributed by atoms with Crippen LogP contribution >= 0.6 is 0 Å². The first-order valence-electron chi connectivity index (χ1n) is 10.3. The quantitative estimate of drug-likeness (QED) is 0.653. The molecule has 1 fully saturated rings. The lowest BCUT2D eigenvalue weighted by Crippen LogP contribution is -2.33. The van der Waals surface area contributed by atoms with Crippen LogP contribution in [-0.2, 0) is 16.0 Å². The van der Waals surface area contributed by atoms with Gasteiger partial charge in [-0.15, -0.1) is 0 Å². The molecule has 0 spiro atoms. The van der Waals surface area contributed by atoms with Gasteiger partial charge in [0.25, 0.3) is 5.91 Å². The second-order valence-corrected chi connectivity index (χ2v) is 7.90. The summed E-state index contributed by atoms with van der Waals surface area (Å²) in [7, 11) is 0. The second-order valence-electron chi connectivity index (χ2n) is 7.90. The van der Waals surface area contributed by atoms with Crippen molar-refractivity contribution < 1.29 is 14.4 Å². The number of carbonyl (C=O) groups excluding carboxylic acids is 3. The first-order chi connectivity index (χ1) is 14.3. The van der Waals surface area contributed by atoms with E-state index in [1.54, 1.807) is 0 Å². The van der Waals surface area contributed by atoms with Crippen molar-refractivity contribution in [1.82, 2.24) is 20.0 Å². The van der Waals surface area contributed by atoms with Crippen molar-refractivity contribution in [2.24, 2.45) is 0 Å². The third-order valence-electron chi connectivity index (χ3n) is 5.31. The van der Waals surface area contributed by atoms with Gasteiger partial charge in [0.15, 0.2) is 0 Å². The molecule has 8 heteroatoms. The number of nitrogens with zero attached hydrogens (tertiary/aromatic N) is 3. The summed E-state index contributed by atoms with van der Waals surface area (Å²) >= 11 is 0. The monoisotopic (exact) mass is 411 g/mol. The molecule has 3 rings (SSSR count). The van der Waals surface area contributed by atoms with Crippen molar-refractivity contribution in [2.45, 2.75) is 59.0 Å². The first-order valence-corrected chi connectivity index (χ1v) is 10.3. The average molecular weight is 412 g/mol. The van der Waals surface area contributed by atoms with Gasteiger partial charge < -0.3 is 10.6 Å². The minimum Gasteiger partial charge on any atom is -0.326 e. The zero-order valence-electron chi connectivity index (χ0n) is 17.9. The van der Waals surface area contributed by atoms with Crippen LogP contribution in [0.2, 0.25) is 0 Å². The molecule has 2 aromatic rings. The zero-order chi connectivity index (χ0) is 21.8. The SMILES string of the molecule is Cc1nn(C(C)C)c(C)c1NC(=O)CC[C@@H]1NC(=O)N(CCc2ccccc2)C1=O. The van der Waals surface area contributed by atoms with E-state index in [1.807, 2.05) is 62.7 Å². The molecule has 1 atom stereocenters. The average Bonchev–Trinajstić information content (AvgIpc) is 3.15. The molecule has 8 nitrogen and oxygen atoms in total. The summed E-state index contributed by atoms with van der Waals surface area (Å²) in [4.78, 5) is 38.5. The number of urea groups is 1. The van der Waals surface area contributed by atoms with Crippen molar-refractivity contribution in [2.75, 3.05) is 11.9 Å². The van der Waals surface area contributed by atoms with Gasteiger partial charge in [-0.25, -0.2) is 4.79 Å². The lowest BCUT2D eigenvalue weighted by atomic mass is 10.1. The summed E-state index contributed by atoms with van der Waals surface area (Å²) in [5.74, 6) is -0.474. The van der Waals surface area contributed by atoms with Gasteiger partial charge >= 0.3 is 6.03 Å². The van der Waals surface area contributed by atoms with Gasteiger partial charge in [-0.05, 0) is 46.1 Å². The number of imide groups is 1. The van der Waals surface area contributed by atoms with Crippen LogP contribution in [0.15, 0.2) is 30.3 Å². The second kappa shape index (κ2) is 9.11. The van der Waals surface area contributed by atoms with Crippen LogP contribution in [0.25, 0.3) is 0 Å². The minimum atomic E-state index is -0.667. The van der Waals surface area contributed by atoms with Crippen LogP contribution in [0.5, 0.6) is 0 Å². The summed E-state index contributed by atoms with van der Waals surface area (Å²) in [5, 5.41) is 10.1. The van der Waals surface area contributed by atoms with E-state index in [9.17, 15) is 14.4 Å². The van der Waals surface area contributed by atoms with Crippen LogP contribution in [0, 0.1) is 13.8 Å². The Labute approximate surface area is 176 Å². The van der Waals surface area contributed by atoms with E-state index >= 15 is 0 Å². The molecule has 1 aromatic carbocycles. The number of anilines is 1. The number of aryl methyl sites for hydroxylation is 1. The molecule has 1 aliphatic rings. The summed E-state index contributed by atoms with van der Waals surface area (Å²) in [6.45, 7) is 8.16. The number of benzene rings is 1. The summed E-state index contributed by atoms with van der Waals surface area (Å²) < 4.78 is 1.87. The summed E-state index contributed by atoms with van der Waals surface area (Å²) in [6.07, 6.45) is 0.995. The first kappa shape index (κ1) is 21.5. The van der Waals surface area contributed by atoms with Gasteiger partial charge in [0.1, 0.15) is 6.04 Å². The Balaban J connectivity index is 1.53. The van der Waals surface area contributed by atoms with E-state index in [-0.39, 0.29) is 30.7 Å². The normalized spacial score (nSPS) is 16.3. The number of amides is 4. The van der Waals surface area contributed by atoms with Crippen LogP contribution in [-0.4, -0.2) is 45.1 Å². The zero-order valence-corrected chi connectivity index (χ0v) is 17.9. The van der Waals surface area contributed by atoms with Gasteiger partial charge in [-0.3, -0.25) is 19.2 Å². The number of aromatic nitrogens is 2. The Bertz CT molecular complexity index is 936. The molecule has 0 bridgehead atoms. The smallest absolute Gasteiger partial charge is 0.324 e. The molecule has 4 amide bonds. The van der Waals surface area contributed by atoms with Crippen molar-refractivity contribution in [3.63, 3.8) is 0 Å². The van der Waals surface area contributed by atoms with E-state index < -0.39 is 12.1 Å². The Morgan fingerprint density at radius 3 is 2.53 bits per heavy atom. The predicted molar refractivity (Wildman–Crippen MR) is 114 cm³/mol. The van der Waals surface area contributed by atoms with Crippen molar-refractivity contribution in [3.8, 4) is 0 Å². The van der Waals surface area contributed by atoms with Crippen LogP contribution in [0.3, 0.4) is 0 Å². The van der Waals surface area contributed by atoms with Crippen molar-refractivity contribution in [1.29, 1.82) is 0 Å². The number of rotatable bonds is 8. The largest absolute Gasteiger partial charge is 0.326 e. The molecule has 1 aliphatic heterocycles. The third kappa shape index (κ3) is 4.69. The molecule has 0 saturated carbocycles. The van der Waals surface area contributed by atoms with Gasteiger partial charge in [-0.2, -0.15) is 5.10 Å². The lowest BCUT2D eigenvalue weighted by molar-refractivity contribution is -0.127. The number of nitrogens with one attached hydrogen (secondary N) is 2. The maximum absolute atomic E-state index is 12.6. The highest BCUT2D eigenvalue weighted by Crippen LogP contribution is 2.23. The van der Waals surface area contributed by atoms with Gasteiger partial charge in [0.2, 0.25) is 5.91 Å². The Morgan fingerprint density at radius 1 is 1.20 bits per heavy atom. The summed E-state index contributed by atoms with van der Waals surface area (Å²) in [5.41, 5.74) is 3.42. The Morgan fingerprint density at radius 2 is 1.90 bits per heavy atom. The fraction of sp³-hybridized carbons (Fsp3) is 0.455. The topological polar surface area (TPSA) is 96.3 Å². The van der Waals surface area contributed by atoms with Gasteiger partial charge in [0, 0.05) is 19.0 Å². The fourth-order valence-corrected chi connectivity index (χ4v) is 3.69. The Hall–Kier alpha value is -3.16. The van der Waals surface area contributed by atoms with E-state index in [0.717, 1.165) is 17.0 Å². The molecule has 160 valence electrons. The minimum absolute atomic E-state index is 0.134. The van der Waals surface area contributed by atoms with Gasteiger partial charge in [0.05, 0.1) is 17.1 Å². The molecule has 0 aliphatic carbocycles. The van der Waals surface area contributed by atoms with E-state index in [4.69, 9.17) is 0 Å². The van der Waals surface area contributed by atoms with Gasteiger partial charge in [-0.1, -0.05) is 30.3 Å². The number of hydrogen-bond donors (Lipinski definition) is 2. The molecule has 2 N–H and O–H groups in total. The molecular weight excluding hydrogens is 382 g/mol. The van der Waals surface area contributed by atoms with E-state index in [1.165, 1.54) is 4.90 Å². The Kier molecular flexibility index (Phi) is 6.54. The predicted octanol–water partition coefficient (Wildman–Crippen LogP) is 2.96. The fourth-order valence-electron chi connectivity index (χ4n) is 3.69. The maximum Gasteiger partial charge on any atom is 0.324 e. The van der Waals surface area contributed by atoms with Crippen molar-refractivity contribution in [3.05, 3.63) is 47.3 Å². The summed E-state index contributed by atoms with van der Waals surface area (Å²) in [6, 6.07) is 8.84. The molecule has 30 heavy (non-hydrogen) atoms. The highest BCUT2D eigenvalue weighted by Gasteiger charge is 2.37. The highest BCUT2D eigenvalue weighted by atomic mass is 16.2. The molecule has 0 radical (unpaired) electrons. The van der Waals surface area contributed by atoms with E-state index in [2.05, 4.69) is 15.7 Å². The van der Waals surface area contributed by atoms with E-state index in [0.29, 0.717) is 18.7 Å². The number of carbonyl (C=O) groups is 3. The molecule has 1 aromatic heterocycles. The highest BCUT2D eigenvalue weighted by molar-refractivity contribution is 6.04. The molecule has 1 saturated heterocycles. The third-order valence-corrected chi connectivity index (χ3v) is 5.31. The molecule has 0 unspecified atom stereocenters. The van der Waals surface area contributed by atoms with Crippen LogP contribution in [0.4, 0.5) is 10.5 Å². The number of hydrogen-bond acceptors (Lipinski definition) is 4. The lowest BCUT2D eigenvalue weighted by Gasteiger charge is -2.13. The van der Waals surface area contributed by atoms with Crippen molar-refractivity contribution >= 4 is 23.5 Å². The molecular formula is C22H29N5O3. The molecule has 2 heterocycles. The van der Waals surface area contributed by atoms with Crippen LogP contribution < -0.4 is 10.6 Å². The maximum atomic E-state index is 12.6. The van der Waals surface area contributed by atoms with Crippen LogP contribution in [0.1, 0.15) is 49.7 Å². The standard InChI is InChI=1S/C22H29N5O3/c1-14(2)27-16(4)20(15(3)25-27)24-19(28)11-10-18-21(29)26(22(30)23-18)13-12-17-8-6-5-7-9-17/h5-9,14,18H,10-13H2,1-4H3,(H,23,30)(H,24,28)/t18-/m0/s1.